The molecular formula is C22H27ClO8. The van der Waals surface area contributed by atoms with Crippen LogP contribution in [-0.4, -0.2) is 63.5 Å². The third-order valence-corrected chi connectivity index (χ3v) is 7.05. The van der Waals surface area contributed by atoms with E-state index in [0.717, 1.165) is 0 Å². The predicted octanol–water partition coefficient (Wildman–Crippen LogP) is 1.57. The summed E-state index contributed by atoms with van der Waals surface area (Å²) >= 11 is 6.18. The molecule has 8 nitrogen and oxygen atoms in total. The van der Waals surface area contributed by atoms with Gasteiger partial charge in [0.15, 0.2) is 0 Å². The normalized spacial score (nSPS) is 39.8. The molecule has 0 aromatic heterocycles. The second-order valence-electron chi connectivity index (χ2n) is 8.46. The van der Waals surface area contributed by atoms with Crippen molar-refractivity contribution < 1.29 is 38.8 Å². The molecule has 7 unspecified atom stereocenters. The Kier molecular flexibility index (Phi) is 6.12. The summed E-state index contributed by atoms with van der Waals surface area (Å²) in [6.07, 6.45) is -0.424. The number of ether oxygens (including phenoxy) is 3. The van der Waals surface area contributed by atoms with Crippen LogP contribution in [-0.2, 0) is 28.6 Å². The van der Waals surface area contributed by atoms with E-state index in [4.69, 9.17) is 25.8 Å². The first-order valence-corrected chi connectivity index (χ1v) is 10.5. The van der Waals surface area contributed by atoms with Crippen LogP contribution in [0.2, 0.25) is 0 Å². The van der Waals surface area contributed by atoms with E-state index >= 15 is 0 Å². The first kappa shape index (κ1) is 23.5. The van der Waals surface area contributed by atoms with E-state index in [2.05, 4.69) is 6.58 Å². The van der Waals surface area contributed by atoms with Gasteiger partial charge in [-0.05, 0) is 32.4 Å². The van der Waals surface area contributed by atoms with Gasteiger partial charge >= 0.3 is 17.9 Å². The van der Waals surface area contributed by atoms with Crippen LogP contribution in [0.25, 0.3) is 0 Å². The largest absolute Gasteiger partial charge is 0.458 e. The molecule has 0 amide bonds. The first-order chi connectivity index (χ1) is 14.4. The van der Waals surface area contributed by atoms with Gasteiger partial charge < -0.3 is 24.4 Å². The summed E-state index contributed by atoms with van der Waals surface area (Å²) in [5, 5.41) is 23.5. The monoisotopic (exact) mass is 454 g/mol. The van der Waals surface area contributed by atoms with Gasteiger partial charge in [0.1, 0.15) is 23.9 Å². The van der Waals surface area contributed by atoms with Crippen LogP contribution in [0.5, 0.6) is 0 Å². The number of alkyl halides is 1. The highest BCUT2D eigenvalue weighted by Crippen LogP contribution is 2.56. The zero-order valence-electron chi connectivity index (χ0n) is 17.9. The highest BCUT2D eigenvalue weighted by Gasteiger charge is 2.70. The summed E-state index contributed by atoms with van der Waals surface area (Å²) in [6, 6.07) is 0. The van der Waals surface area contributed by atoms with Crippen molar-refractivity contribution in [2.75, 3.05) is 5.88 Å². The van der Waals surface area contributed by atoms with Crippen molar-refractivity contribution in [3.8, 4) is 0 Å². The molecule has 0 aromatic rings. The summed E-state index contributed by atoms with van der Waals surface area (Å²) in [5.74, 6) is -4.42. The van der Waals surface area contributed by atoms with Gasteiger partial charge in [-0.3, -0.25) is 4.79 Å². The topological polar surface area (TPSA) is 119 Å². The summed E-state index contributed by atoms with van der Waals surface area (Å²) in [7, 11) is 0. The highest BCUT2D eigenvalue weighted by atomic mass is 35.5. The highest BCUT2D eigenvalue weighted by molar-refractivity contribution is 6.18. The Bertz CT molecular complexity index is 892. The van der Waals surface area contributed by atoms with Crippen LogP contribution in [0.4, 0.5) is 0 Å². The molecule has 0 aromatic carbocycles. The van der Waals surface area contributed by atoms with Gasteiger partial charge in [0.05, 0.1) is 23.3 Å². The minimum absolute atomic E-state index is 0.0238. The third kappa shape index (κ3) is 3.60. The minimum Gasteiger partial charge on any atom is -0.458 e. The van der Waals surface area contributed by atoms with E-state index in [0.29, 0.717) is 11.1 Å². The van der Waals surface area contributed by atoms with Gasteiger partial charge in [0.25, 0.3) is 0 Å². The van der Waals surface area contributed by atoms with Crippen LogP contribution in [0, 0.1) is 11.8 Å². The lowest BCUT2D eigenvalue weighted by Crippen LogP contribution is -2.59. The molecule has 7 atom stereocenters. The molecule has 0 spiro atoms. The SMILES string of the molecule is C=C1C(=O)OC2C1C(OC(=O)/C(C)=C/C)CC(O)(CCl)C1C(OC(C)=O)C=C(C)C21O. The third-order valence-electron chi connectivity index (χ3n) is 6.59. The van der Waals surface area contributed by atoms with Gasteiger partial charge in [-0.1, -0.05) is 12.7 Å². The van der Waals surface area contributed by atoms with E-state index in [-0.39, 0.29) is 17.9 Å². The Morgan fingerprint density at radius 3 is 2.55 bits per heavy atom. The molecule has 1 aliphatic heterocycles. The minimum atomic E-state index is -1.92. The van der Waals surface area contributed by atoms with Crippen molar-refractivity contribution in [3.63, 3.8) is 0 Å². The summed E-state index contributed by atoms with van der Waals surface area (Å²) in [4.78, 5) is 36.6. The molecule has 3 rings (SSSR count). The van der Waals surface area contributed by atoms with Gasteiger partial charge in [-0.15, -0.1) is 11.6 Å². The molecule has 9 heteroatoms. The Labute approximate surface area is 185 Å². The number of hydrogen-bond donors (Lipinski definition) is 2. The fourth-order valence-corrected chi connectivity index (χ4v) is 5.23. The van der Waals surface area contributed by atoms with Crippen molar-refractivity contribution in [1.29, 1.82) is 0 Å². The number of rotatable bonds is 4. The summed E-state index contributed by atoms with van der Waals surface area (Å²) in [5.41, 5.74) is -3.03. The van der Waals surface area contributed by atoms with Gasteiger partial charge in [-0.2, -0.15) is 0 Å². The molecule has 2 aliphatic carbocycles. The molecule has 2 fully saturated rings. The molecule has 2 N–H and O–H groups in total. The summed E-state index contributed by atoms with van der Waals surface area (Å²) < 4.78 is 16.5. The van der Waals surface area contributed by atoms with Crippen molar-refractivity contribution in [3.05, 3.63) is 35.5 Å². The number of hydrogen-bond acceptors (Lipinski definition) is 8. The quantitative estimate of drug-likeness (QED) is 0.216. The molecule has 1 heterocycles. The molecule has 3 aliphatic rings. The van der Waals surface area contributed by atoms with Gasteiger partial charge in [0.2, 0.25) is 0 Å². The van der Waals surface area contributed by atoms with Crippen LogP contribution in [0.15, 0.2) is 35.5 Å². The number of carbonyl (C=O) groups excluding carboxylic acids is 3. The van der Waals surface area contributed by atoms with Crippen LogP contribution < -0.4 is 0 Å². The van der Waals surface area contributed by atoms with E-state index in [9.17, 15) is 24.6 Å². The Morgan fingerprint density at radius 2 is 2.00 bits per heavy atom. The molecule has 1 saturated heterocycles. The maximum atomic E-state index is 12.5. The Morgan fingerprint density at radius 1 is 1.35 bits per heavy atom. The van der Waals surface area contributed by atoms with Gasteiger partial charge in [-0.25, -0.2) is 9.59 Å². The molecule has 0 bridgehead atoms. The maximum absolute atomic E-state index is 12.5. The maximum Gasteiger partial charge on any atom is 0.334 e. The van der Waals surface area contributed by atoms with Crippen LogP contribution in [0.1, 0.15) is 34.1 Å². The predicted molar refractivity (Wildman–Crippen MR) is 110 cm³/mol. The Balaban J connectivity index is 2.16. The molecule has 170 valence electrons. The Hall–Kier alpha value is -2.16. The lowest BCUT2D eigenvalue weighted by Gasteiger charge is -2.43. The molecule has 1 saturated carbocycles. The molecular weight excluding hydrogens is 428 g/mol. The van der Waals surface area contributed by atoms with Crippen molar-refractivity contribution in [1.82, 2.24) is 0 Å². The number of fused-ring (bicyclic) bond motifs is 3. The van der Waals surface area contributed by atoms with Gasteiger partial charge in [0, 0.05) is 24.5 Å². The van der Waals surface area contributed by atoms with E-state index in [1.54, 1.807) is 26.8 Å². The lowest BCUT2D eigenvalue weighted by molar-refractivity contribution is -0.183. The fourth-order valence-electron chi connectivity index (χ4n) is 4.95. The van der Waals surface area contributed by atoms with E-state index in [1.807, 2.05) is 0 Å². The average molecular weight is 455 g/mol. The van der Waals surface area contributed by atoms with Crippen molar-refractivity contribution >= 4 is 29.5 Å². The fraction of sp³-hybridized carbons (Fsp3) is 0.591. The number of halogens is 1. The number of esters is 3. The van der Waals surface area contributed by atoms with Crippen molar-refractivity contribution in [2.45, 2.75) is 63.6 Å². The van der Waals surface area contributed by atoms with Crippen molar-refractivity contribution in [2.24, 2.45) is 11.8 Å². The number of carbonyl (C=O) groups is 3. The lowest BCUT2D eigenvalue weighted by atomic mass is 9.71. The van der Waals surface area contributed by atoms with Crippen LogP contribution >= 0.6 is 11.6 Å². The number of aliphatic hydroxyl groups is 2. The smallest absolute Gasteiger partial charge is 0.334 e. The second kappa shape index (κ2) is 8.07. The second-order valence-corrected chi connectivity index (χ2v) is 8.73. The zero-order chi connectivity index (χ0) is 23.3. The number of allylic oxidation sites excluding steroid dienone is 1. The molecule has 0 radical (unpaired) electrons. The average Bonchev–Trinajstić information content (AvgIpc) is 3.11. The standard InChI is InChI=1S/C22H27ClO8/c1-6-10(2)19(25)30-15-8-21(27,9-23)17-14(29-13(5)24)7-11(3)22(17,28)18-16(15)12(4)20(26)31-18/h6-7,14-18,27-28H,4,8-9H2,1-3,5H3/b10-6+. The molecule has 31 heavy (non-hydrogen) atoms. The summed E-state index contributed by atoms with van der Waals surface area (Å²) in [6.45, 7) is 9.83. The van der Waals surface area contributed by atoms with E-state index < -0.39 is 59.3 Å². The zero-order valence-corrected chi connectivity index (χ0v) is 18.6. The van der Waals surface area contributed by atoms with E-state index in [1.165, 1.54) is 13.0 Å². The van der Waals surface area contributed by atoms with Crippen LogP contribution in [0.3, 0.4) is 0 Å². The first-order valence-electron chi connectivity index (χ1n) is 10.0.